The monoisotopic (exact) mass is 251 g/mol. The minimum atomic E-state index is 0.298. The molecule has 0 aromatic carbocycles. The first-order chi connectivity index (χ1) is 8.61. The summed E-state index contributed by atoms with van der Waals surface area (Å²) in [6.45, 7) is 6.28. The minimum absolute atomic E-state index is 0.298. The van der Waals surface area contributed by atoms with Crippen molar-refractivity contribution in [3.8, 4) is 0 Å². The van der Waals surface area contributed by atoms with Gasteiger partial charge in [0.15, 0.2) is 0 Å². The van der Waals surface area contributed by atoms with Crippen molar-refractivity contribution in [1.82, 2.24) is 15.0 Å². The van der Waals surface area contributed by atoms with Crippen molar-refractivity contribution >= 4 is 0 Å². The molecule has 0 unspecified atom stereocenters. The van der Waals surface area contributed by atoms with E-state index in [4.69, 9.17) is 4.52 Å². The Morgan fingerprint density at radius 1 is 1.56 bits per heavy atom. The quantitative estimate of drug-likeness (QED) is 0.847. The molecule has 1 atom stereocenters. The number of hydrogen-bond donors (Lipinski definition) is 1. The van der Waals surface area contributed by atoms with Crippen molar-refractivity contribution in [3.05, 3.63) is 17.5 Å². The minimum Gasteiger partial charge on any atom is -0.396 e. The maximum atomic E-state index is 9.28. The number of aryl methyl sites for hydroxylation is 1. The number of hydrogen-bond acceptors (Lipinski definition) is 5. The molecule has 18 heavy (non-hydrogen) atoms. The molecule has 5 heteroatoms. The average molecular weight is 251 g/mol. The number of aliphatic hydroxyl groups excluding tert-OH is 1. The van der Waals surface area contributed by atoms with Crippen LogP contribution in [0.25, 0.3) is 0 Å². The van der Waals surface area contributed by atoms with Crippen LogP contribution in [0.4, 0.5) is 0 Å². The van der Waals surface area contributed by atoms with Gasteiger partial charge in [-0.2, -0.15) is 0 Å². The highest BCUT2D eigenvalue weighted by Gasteiger charge is 2.51. The molecule has 2 saturated heterocycles. The van der Waals surface area contributed by atoms with Crippen LogP contribution in [0, 0.1) is 12.8 Å². The van der Waals surface area contributed by atoms with Crippen LogP contribution >= 0.6 is 0 Å². The largest absolute Gasteiger partial charge is 0.396 e. The third kappa shape index (κ3) is 1.96. The summed E-state index contributed by atoms with van der Waals surface area (Å²) in [4.78, 5) is 4.81. The lowest BCUT2D eigenvalue weighted by Crippen LogP contribution is -2.66. The summed E-state index contributed by atoms with van der Waals surface area (Å²) in [5.74, 6) is 1.32. The Balaban J connectivity index is 1.56. The van der Waals surface area contributed by atoms with Gasteiger partial charge in [0, 0.05) is 44.4 Å². The van der Waals surface area contributed by atoms with E-state index in [1.54, 1.807) is 0 Å². The van der Waals surface area contributed by atoms with Gasteiger partial charge in [0.05, 0.1) is 5.69 Å². The Bertz CT molecular complexity index is 426. The lowest BCUT2D eigenvalue weighted by Gasteiger charge is -2.51. The highest BCUT2D eigenvalue weighted by atomic mass is 16.5. The van der Waals surface area contributed by atoms with Crippen molar-refractivity contribution < 1.29 is 9.63 Å². The molecule has 1 aromatic rings. The highest BCUT2D eigenvalue weighted by Crippen LogP contribution is 2.39. The SMILES string of the molecule is Cc1cc(CN2CC3(C[C@@H](CO)CN3C)C2)no1. The molecule has 2 aliphatic heterocycles. The molecule has 1 spiro atoms. The third-order valence-corrected chi connectivity index (χ3v) is 4.37. The molecule has 100 valence electrons. The summed E-state index contributed by atoms with van der Waals surface area (Å²) in [6.07, 6.45) is 1.12. The van der Waals surface area contributed by atoms with E-state index in [-0.39, 0.29) is 0 Å². The summed E-state index contributed by atoms with van der Waals surface area (Å²) in [7, 11) is 2.17. The van der Waals surface area contributed by atoms with E-state index in [2.05, 4.69) is 22.0 Å². The van der Waals surface area contributed by atoms with Crippen LogP contribution in [-0.4, -0.2) is 58.9 Å². The van der Waals surface area contributed by atoms with Gasteiger partial charge >= 0.3 is 0 Å². The zero-order chi connectivity index (χ0) is 12.8. The van der Waals surface area contributed by atoms with E-state index in [0.29, 0.717) is 18.1 Å². The topological polar surface area (TPSA) is 52.7 Å². The fourth-order valence-electron chi connectivity index (χ4n) is 3.45. The van der Waals surface area contributed by atoms with Gasteiger partial charge in [-0.1, -0.05) is 5.16 Å². The van der Waals surface area contributed by atoms with Crippen molar-refractivity contribution in [2.24, 2.45) is 5.92 Å². The second kappa shape index (κ2) is 4.33. The summed E-state index contributed by atoms with van der Waals surface area (Å²) in [5.41, 5.74) is 1.31. The number of likely N-dealkylation sites (tertiary alicyclic amines) is 2. The van der Waals surface area contributed by atoms with E-state index in [1.165, 1.54) is 0 Å². The van der Waals surface area contributed by atoms with Crippen LogP contribution in [0.2, 0.25) is 0 Å². The van der Waals surface area contributed by atoms with Gasteiger partial charge in [0.25, 0.3) is 0 Å². The Hall–Kier alpha value is -0.910. The normalized spacial score (nSPS) is 27.8. The molecule has 0 bridgehead atoms. The van der Waals surface area contributed by atoms with Crippen molar-refractivity contribution in [2.45, 2.75) is 25.4 Å². The average Bonchev–Trinajstić information content (AvgIpc) is 2.83. The zero-order valence-corrected chi connectivity index (χ0v) is 11.1. The second-order valence-electron chi connectivity index (χ2n) is 5.93. The molecule has 0 radical (unpaired) electrons. The molecular weight excluding hydrogens is 230 g/mol. The van der Waals surface area contributed by atoms with Gasteiger partial charge in [0.2, 0.25) is 0 Å². The summed E-state index contributed by atoms with van der Waals surface area (Å²) < 4.78 is 5.09. The first kappa shape index (κ1) is 12.1. The predicted molar refractivity (Wildman–Crippen MR) is 67.1 cm³/mol. The highest BCUT2D eigenvalue weighted by molar-refractivity contribution is 5.11. The van der Waals surface area contributed by atoms with Crippen molar-refractivity contribution in [2.75, 3.05) is 33.3 Å². The molecule has 0 aliphatic carbocycles. The van der Waals surface area contributed by atoms with Crippen LogP contribution in [0.3, 0.4) is 0 Å². The molecule has 2 fully saturated rings. The van der Waals surface area contributed by atoms with Crippen LogP contribution < -0.4 is 0 Å². The molecule has 0 amide bonds. The number of aromatic nitrogens is 1. The van der Waals surface area contributed by atoms with Crippen LogP contribution in [0.5, 0.6) is 0 Å². The van der Waals surface area contributed by atoms with E-state index >= 15 is 0 Å². The Morgan fingerprint density at radius 3 is 2.89 bits per heavy atom. The van der Waals surface area contributed by atoms with Gasteiger partial charge in [-0.25, -0.2) is 0 Å². The molecule has 5 nitrogen and oxygen atoms in total. The summed E-state index contributed by atoms with van der Waals surface area (Å²) in [6, 6.07) is 2.00. The molecule has 3 heterocycles. The van der Waals surface area contributed by atoms with E-state index in [9.17, 15) is 5.11 Å². The lowest BCUT2D eigenvalue weighted by molar-refractivity contribution is -0.0233. The standard InChI is InChI=1S/C13H21N3O2/c1-10-3-12(14-18-10)6-16-8-13(9-16)4-11(7-17)5-15(13)2/h3,11,17H,4-9H2,1-2H3/t11-/m1/s1. The van der Waals surface area contributed by atoms with Crippen LogP contribution in [-0.2, 0) is 6.54 Å². The Labute approximate surface area is 107 Å². The smallest absolute Gasteiger partial charge is 0.133 e. The third-order valence-electron chi connectivity index (χ3n) is 4.37. The van der Waals surface area contributed by atoms with Gasteiger partial charge < -0.3 is 9.63 Å². The number of likely N-dealkylation sites (N-methyl/N-ethyl adjacent to an activating group) is 1. The van der Waals surface area contributed by atoms with Gasteiger partial charge in [-0.3, -0.25) is 9.80 Å². The van der Waals surface area contributed by atoms with Gasteiger partial charge in [0.1, 0.15) is 5.76 Å². The molecule has 2 aliphatic rings. The summed E-state index contributed by atoms with van der Waals surface area (Å²) >= 11 is 0. The van der Waals surface area contributed by atoms with E-state index in [0.717, 1.165) is 44.1 Å². The molecule has 3 rings (SSSR count). The number of rotatable bonds is 3. The molecule has 1 aromatic heterocycles. The molecule has 1 N–H and O–H groups in total. The number of nitrogens with zero attached hydrogens (tertiary/aromatic N) is 3. The van der Waals surface area contributed by atoms with Crippen molar-refractivity contribution in [1.29, 1.82) is 0 Å². The van der Waals surface area contributed by atoms with Crippen LogP contribution in [0.15, 0.2) is 10.6 Å². The Morgan fingerprint density at radius 2 is 2.33 bits per heavy atom. The lowest BCUT2D eigenvalue weighted by atomic mass is 9.84. The van der Waals surface area contributed by atoms with Crippen molar-refractivity contribution in [3.63, 3.8) is 0 Å². The van der Waals surface area contributed by atoms with Gasteiger partial charge in [-0.05, 0) is 26.3 Å². The second-order valence-corrected chi connectivity index (χ2v) is 5.93. The summed E-state index contributed by atoms with van der Waals surface area (Å²) in [5, 5.41) is 13.3. The maximum absolute atomic E-state index is 9.28. The van der Waals surface area contributed by atoms with Crippen LogP contribution in [0.1, 0.15) is 17.9 Å². The zero-order valence-electron chi connectivity index (χ0n) is 11.1. The fourth-order valence-corrected chi connectivity index (χ4v) is 3.45. The predicted octanol–water partition coefficient (Wildman–Crippen LogP) is 0.481. The first-order valence-electron chi connectivity index (χ1n) is 6.58. The maximum Gasteiger partial charge on any atom is 0.133 e. The fraction of sp³-hybridized carbons (Fsp3) is 0.769. The number of aliphatic hydroxyl groups is 1. The van der Waals surface area contributed by atoms with Gasteiger partial charge in [-0.15, -0.1) is 0 Å². The molecule has 0 saturated carbocycles. The van der Waals surface area contributed by atoms with E-state index in [1.807, 2.05) is 13.0 Å². The first-order valence-corrected chi connectivity index (χ1v) is 6.58. The Kier molecular flexibility index (Phi) is 2.92. The van der Waals surface area contributed by atoms with E-state index < -0.39 is 0 Å². The molecular formula is C13H21N3O2.